The largest absolute Gasteiger partial charge is 0.508 e. The molecule has 6 heteroatoms. The Morgan fingerprint density at radius 2 is 2.00 bits per heavy atom. The van der Waals surface area contributed by atoms with Crippen molar-refractivity contribution in [1.82, 2.24) is 0 Å². The van der Waals surface area contributed by atoms with Gasteiger partial charge in [-0.05, 0) is 50.1 Å². The van der Waals surface area contributed by atoms with Crippen molar-refractivity contribution >= 4 is 49.1 Å². The third-order valence-electron chi connectivity index (χ3n) is 2.79. The van der Waals surface area contributed by atoms with Crippen LogP contribution in [0.15, 0.2) is 39.3 Å². The molecule has 0 heterocycles. The Bertz CT molecular complexity index is 615. The molecule has 2 N–H and O–H groups in total. The van der Waals surface area contributed by atoms with Gasteiger partial charge in [0.1, 0.15) is 11.5 Å². The van der Waals surface area contributed by atoms with Crippen LogP contribution in [0, 0.1) is 0 Å². The topological polar surface area (TPSA) is 41.5 Å². The molecule has 0 unspecified atom stereocenters. The molecule has 2 rings (SSSR count). The summed E-state index contributed by atoms with van der Waals surface area (Å²) in [6, 6.07) is 8.82. The normalized spacial score (nSPS) is 10.4. The second-order valence-corrected chi connectivity index (χ2v) is 6.17. The zero-order valence-electron chi connectivity index (χ0n) is 10.6. The van der Waals surface area contributed by atoms with E-state index >= 15 is 0 Å². The Morgan fingerprint density at radius 3 is 2.65 bits per heavy atom. The lowest BCUT2D eigenvalue weighted by atomic mass is 10.2. The number of benzene rings is 2. The summed E-state index contributed by atoms with van der Waals surface area (Å²) in [5.74, 6) is 0.893. The van der Waals surface area contributed by atoms with Gasteiger partial charge < -0.3 is 15.2 Å². The average Bonchev–Trinajstić information content (AvgIpc) is 2.40. The minimum atomic E-state index is 0.171. The van der Waals surface area contributed by atoms with E-state index in [4.69, 9.17) is 16.3 Å². The molecule has 0 atom stereocenters. The van der Waals surface area contributed by atoms with Crippen molar-refractivity contribution in [2.45, 2.75) is 6.54 Å². The zero-order chi connectivity index (χ0) is 14.7. The van der Waals surface area contributed by atoms with Crippen molar-refractivity contribution in [3.63, 3.8) is 0 Å². The number of methoxy groups -OCH3 is 1. The number of ether oxygens (including phenoxy) is 1. The van der Waals surface area contributed by atoms with Gasteiger partial charge in [0.05, 0.1) is 17.3 Å². The molecular formula is C14H12Br2ClNO2. The Morgan fingerprint density at radius 1 is 1.25 bits per heavy atom. The van der Waals surface area contributed by atoms with Crippen LogP contribution < -0.4 is 10.1 Å². The molecule has 0 saturated carbocycles. The fourth-order valence-electron chi connectivity index (χ4n) is 1.73. The predicted octanol–water partition coefficient (Wildman–Crippen LogP) is 5.19. The smallest absolute Gasteiger partial charge is 0.135 e. The van der Waals surface area contributed by atoms with Gasteiger partial charge in [0, 0.05) is 27.7 Å². The standard InChI is InChI=1S/C14H12Br2ClNO2/c1-20-14-6-12(9(15)5-10(14)16)18-7-8-11(17)3-2-4-13(8)19/h2-6,18-19H,7H2,1H3. The molecule has 0 radical (unpaired) electrons. The monoisotopic (exact) mass is 419 g/mol. The molecule has 0 saturated heterocycles. The van der Waals surface area contributed by atoms with Gasteiger partial charge in [-0.15, -0.1) is 0 Å². The van der Waals surface area contributed by atoms with Crippen molar-refractivity contribution in [3.05, 3.63) is 49.9 Å². The van der Waals surface area contributed by atoms with Crippen LogP contribution in [0.1, 0.15) is 5.56 Å². The van der Waals surface area contributed by atoms with Crippen LogP contribution in [-0.2, 0) is 6.54 Å². The van der Waals surface area contributed by atoms with E-state index in [1.54, 1.807) is 25.3 Å². The Kier molecular flexibility index (Phi) is 5.18. The summed E-state index contributed by atoms with van der Waals surface area (Å²) in [6.45, 7) is 0.412. The van der Waals surface area contributed by atoms with E-state index in [1.165, 1.54) is 0 Å². The number of halogens is 3. The number of anilines is 1. The second kappa shape index (κ2) is 6.70. The molecule has 0 aromatic heterocycles. The fourth-order valence-corrected chi connectivity index (χ4v) is 3.26. The van der Waals surface area contributed by atoms with Gasteiger partial charge >= 0.3 is 0 Å². The quantitative estimate of drug-likeness (QED) is 0.714. The van der Waals surface area contributed by atoms with Crippen molar-refractivity contribution in [3.8, 4) is 11.5 Å². The van der Waals surface area contributed by atoms with Gasteiger partial charge in [-0.1, -0.05) is 17.7 Å². The number of hydrogen-bond donors (Lipinski definition) is 2. The maximum Gasteiger partial charge on any atom is 0.135 e. The van der Waals surface area contributed by atoms with E-state index in [1.807, 2.05) is 12.1 Å². The van der Waals surface area contributed by atoms with Gasteiger partial charge in [-0.3, -0.25) is 0 Å². The van der Waals surface area contributed by atoms with Crippen molar-refractivity contribution in [1.29, 1.82) is 0 Å². The van der Waals surface area contributed by atoms with Gasteiger partial charge in [0.2, 0.25) is 0 Å². The van der Waals surface area contributed by atoms with E-state index in [-0.39, 0.29) is 5.75 Å². The molecule has 106 valence electrons. The summed E-state index contributed by atoms with van der Waals surface area (Å²) in [7, 11) is 1.61. The molecule has 2 aromatic rings. The van der Waals surface area contributed by atoms with Crippen LogP contribution in [0.25, 0.3) is 0 Å². The summed E-state index contributed by atoms with van der Waals surface area (Å²) in [5, 5.41) is 13.6. The summed E-state index contributed by atoms with van der Waals surface area (Å²) < 4.78 is 7.00. The first-order valence-electron chi connectivity index (χ1n) is 5.76. The minimum absolute atomic E-state index is 0.171. The summed E-state index contributed by atoms with van der Waals surface area (Å²) in [5.41, 5.74) is 1.51. The predicted molar refractivity (Wildman–Crippen MR) is 88.8 cm³/mol. The highest BCUT2D eigenvalue weighted by atomic mass is 79.9. The lowest BCUT2D eigenvalue weighted by Gasteiger charge is -2.13. The number of phenols is 1. The molecule has 0 bridgehead atoms. The van der Waals surface area contributed by atoms with Crippen molar-refractivity contribution < 1.29 is 9.84 Å². The fraction of sp³-hybridized carbons (Fsp3) is 0.143. The number of rotatable bonds is 4. The van der Waals surface area contributed by atoms with Crippen molar-refractivity contribution in [2.75, 3.05) is 12.4 Å². The highest BCUT2D eigenvalue weighted by Crippen LogP contribution is 2.35. The van der Waals surface area contributed by atoms with E-state index in [9.17, 15) is 5.11 Å². The van der Waals surface area contributed by atoms with Crippen LogP contribution in [-0.4, -0.2) is 12.2 Å². The summed E-state index contributed by atoms with van der Waals surface area (Å²) >= 11 is 13.0. The van der Waals surface area contributed by atoms with Crippen molar-refractivity contribution in [2.24, 2.45) is 0 Å². The molecule has 20 heavy (non-hydrogen) atoms. The number of phenolic OH excluding ortho intramolecular Hbond substituents is 1. The van der Waals surface area contributed by atoms with E-state index in [0.717, 1.165) is 20.4 Å². The molecule has 0 amide bonds. The molecule has 0 aliphatic rings. The second-order valence-electron chi connectivity index (χ2n) is 4.06. The van der Waals surface area contributed by atoms with Crippen LogP contribution >= 0.6 is 43.5 Å². The van der Waals surface area contributed by atoms with Gasteiger partial charge in [-0.2, -0.15) is 0 Å². The van der Waals surface area contributed by atoms with Crippen LogP contribution in [0.3, 0.4) is 0 Å². The Hall–Kier alpha value is -0.910. The molecule has 3 nitrogen and oxygen atoms in total. The van der Waals surface area contributed by atoms with Crippen LogP contribution in [0.4, 0.5) is 5.69 Å². The zero-order valence-corrected chi connectivity index (χ0v) is 14.5. The first kappa shape index (κ1) is 15.5. The Balaban J connectivity index is 2.23. The molecule has 0 spiro atoms. The highest BCUT2D eigenvalue weighted by Gasteiger charge is 2.10. The third-order valence-corrected chi connectivity index (χ3v) is 4.42. The number of nitrogens with one attached hydrogen (secondary N) is 1. The van der Waals surface area contributed by atoms with Gasteiger partial charge in [-0.25, -0.2) is 0 Å². The first-order valence-corrected chi connectivity index (χ1v) is 7.72. The number of hydrogen-bond acceptors (Lipinski definition) is 3. The maximum atomic E-state index is 9.82. The molecule has 0 aliphatic carbocycles. The SMILES string of the molecule is COc1cc(NCc2c(O)cccc2Cl)c(Br)cc1Br. The molecule has 2 aromatic carbocycles. The van der Waals surface area contributed by atoms with Crippen LogP contribution in [0.5, 0.6) is 11.5 Å². The van der Waals surface area contributed by atoms with Gasteiger partial charge in [0.25, 0.3) is 0 Å². The first-order chi connectivity index (χ1) is 9.52. The van der Waals surface area contributed by atoms with Gasteiger partial charge in [0.15, 0.2) is 0 Å². The lowest BCUT2D eigenvalue weighted by Crippen LogP contribution is -2.02. The van der Waals surface area contributed by atoms with Crippen LogP contribution in [0.2, 0.25) is 5.02 Å². The lowest BCUT2D eigenvalue weighted by molar-refractivity contribution is 0.412. The summed E-state index contributed by atoms with van der Waals surface area (Å²) in [6.07, 6.45) is 0. The summed E-state index contributed by atoms with van der Waals surface area (Å²) in [4.78, 5) is 0. The van der Waals surface area contributed by atoms with E-state index in [0.29, 0.717) is 17.1 Å². The number of aromatic hydroxyl groups is 1. The molecular weight excluding hydrogens is 409 g/mol. The maximum absolute atomic E-state index is 9.82. The highest BCUT2D eigenvalue weighted by molar-refractivity contribution is 9.11. The Labute approximate surface area is 139 Å². The van der Waals surface area contributed by atoms with E-state index in [2.05, 4.69) is 37.2 Å². The third kappa shape index (κ3) is 3.40. The molecule has 0 fully saturated rings. The minimum Gasteiger partial charge on any atom is -0.508 e. The molecule has 0 aliphatic heterocycles. The average molecular weight is 422 g/mol. The van der Waals surface area contributed by atoms with E-state index < -0.39 is 0 Å².